The van der Waals surface area contributed by atoms with Gasteiger partial charge in [-0.2, -0.15) is 0 Å². The molecule has 6 amide bonds. The van der Waals surface area contributed by atoms with Gasteiger partial charge in [-0.25, -0.2) is 4.79 Å². The fraction of sp³-hybridized carbons (Fsp3) is 0.523. The van der Waals surface area contributed by atoms with Crippen LogP contribution >= 0.6 is 0 Å². The second-order valence-electron chi connectivity index (χ2n) is 15.7. The van der Waals surface area contributed by atoms with Gasteiger partial charge in [-0.1, -0.05) is 79.2 Å². The third kappa shape index (κ3) is 12.0. The molecule has 2 saturated heterocycles. The molecule has 0 radical (unpaired) electrons. The Labute approximate surface area is 331 Å². The van der Waals surface area contributed by atoms with E-state index in [1.807, 2.05) is 80.6 Å². The zero-order valence-electron chi connectivity index (χ0n) is 33.2. The van der Waals surface area contributed by atoms with Crippen molar-refractivity contribution in [1.29, 1.82) is 0 Å². The molecule has 2 heterocycles. The van der Waals surface area contributed by atoms with Crippen LogP contribution in [-0.2, 0) is 32.0 Å². The Balaban J connectivity index is 1.26. The highest BCUT2D eigenvalue weighted by Crippen LogP contribution is 2.35. The number of piperidine rings is 2. The molecule has 5 rings (SSSR count). The van der Waals surface area contributed by atoms with E-state index in [-0.39, 0.29) is 55.1 Å². The number of likely N-dealkylation sites (tertiary alicyclic amines) is 2. The van der Waals surface area contributed by atoms with E-state index in [4.69, 9.17) is 5.73 Å². The molecule has 3 aromatic rings. The highest BCUT2D eigenvalue weighted by molar-refractivity contribution is 5.90. The predicted molar refractivity (Wildman–Crippen MR) is 220 cm³/mol. The highest BCUT2D eigenvalue weighted by Gasteiger charge is 2.44. The molecule has 12 nitrogen and oxygen atoms in total. The number of fused-ring (bicyclic) bond motifs is 1. The minimum Gasteiger partial charge on any atom is -0.356 e. The van der Waals surface area contributed by atoms with Crippen LogP contribution in [0.25, 0.3) is 10.8 Å². The van der Waals surface area contributed by atoms with E-state index in [0.29, 0.717) is 64.8 Å². The minimum absolute atomic E-state index is 0.0652. The maximum atomic E-state index is 14.6. The number of hydrogen-bond acceptors (Lipinski definition) is 6. The number of urea groups is 1. The zero-order valence-corrected chi connectivity index (χ0v) is 33.2. The van der Waals surface area contributed by atoms with Crippen LogP contribution in [0, 0.1) is 5.41 Å². The fourth-order valence-electron chi connectivity index (χ4n) is 8.19. The molecule has 2 fully saturated rings. The molecule has 12 heteroatoms. The Bertz CT molecular complexity index is 1790. The summed E-state index contributed by atoms with van der Waals surface area (Å²) >= 11 is 0. The average molecular weight is 768 g/mol. The van der Waals surface area contributed by atoms with Gasteiger partial charge < -0.3 is 36.8 Å². The summed E-state index contributed by atoms with van der Waals surface area (Å²) in [6.07, 6.45) is 6.63. The average Bonchev–Trinajstić information content (AvgIpc) is 3.19. The van der Waals surface area contributed by atoms with Gasteiger partial charge in [-0.15, -0.1) is 0 Å². The van der Waals surface area contributed by atoms with Crippen LogP contribution < -0.4 is 27.0 Å². The standard InChI is InChI=1S/C44H61N7O5/c1-3-46-42(55)44(29-33-14-6-4-7-15-33)22-13-25-51(31-44)41(54)38(28-34-20-21-35-16-9-10-17-36(35)27-34)49-43(56)48-37-18-12-24-50(30-37)40(53)26-32(2)47-39(52)19-8-5-11-23-45/h4,6-7,9-10,14-17,20-21,27,32,37-38H,3,5,8,11-13,18-19,22-26,28-31,45H2,1-2H3,(H,46,55)(H,47,52)(H2,48,49,56)/t32?,37-,38-,44?/m1/s1. The van der Waals surface area contributed by atoms with Crippen LogP contribution in [0.3, 0.4) is 0 Å². The third-order valence-corrected chi connectivity index (χ3v) is 11.1. The van der Waals surface area contributed by atoms with E-state index < -0.39 is 17.5 Å². The molecular formula is C44H61N7O5. The Morgan fingerprint density at radius 3 is 2.38 bits per heavy atom. The van der Waals surface area contributed by atoms with Gasteiger partial charge in [0.05, 0.1) is 5.41 Å². The fourth-order valence-corrected chi connectivity index (χ4v) is 8.19. The lowest BCUT2D eigenvalue weighted by Gasteiger charge is -2.43. The molecule has 6 N–H and O–H groups in total. The first-order chi connectivity index (χ1) is 27.1. The normalized spacial score (nSPS) is 19.4. The maximum absolute atomic E-state index is 14.6. The molecule has 2 aliphatic rings. The molecule has 0 spiro atoms. The number of nitrogens with zero attached hydrogens (tertiary/aromatic N) is 2. The molecule has 2 unspecified atom stereocenters. The minimum atomic E-state index is -0.890. The van der Waals surface area contributed by atoms with E-state index >= 15 is 0 Å². The van der Waals surface area contributed by atoms with E-state index in [9.17, 15) is 24.0 Å². The lowest BCUT2D eigenvalue weighted by atomic mass is 9.74. The van der Waals surface area contributed by atoms with Gasteiger partial charge in [-0.05, 0) is 87.2 Å². The van der Waals surface area contributed by atoms with Crippen molar-refractivity contribution in [3.05, 3.63) is 83.9 Å². The van der Waals surface area contributed by atoms with Crippen LogP contribution in [0.15, 0.2) is 72.8 Å². The van der Waals surface area contributed by atoms with Crippen molar-refractivity contribution < 1.29 is 24.0 Å². The summed E-state index contributed by atoms with van der Waals surface area (Å²) in [4.78, 5) is 71.2. The predicted octanol–water partition coefficient (Wildman–Crippen LogP) is 4.44. The van der Waals surface area contributed by atoms with Crippen molar-refractivity contribution in [2.24, 2.45) is 11.1 Å². The lowest BCUT2D eigenvalue weighted by molar-refractivity contribution is -0.143. The summed E-state index contributed by atoms with van der Waals surface area (Å²) in [6, 6.07) is 22.0. The summed E-state index contributed by atoms with van der Waals surface area (Å²) < 4.78 is 0. The number of carbonyl (C=O) groups excluding carboxylic acids is 5. The summed E-state index contributed by atoms with van der Waals surface area (Å²) in [5.41, 5.74) is 6.68. The monoisotopic (exact) mass is 767 g/mol. The number of carbonyl (C=O) groups is 5. The molecule has 4 atom stereocenters. The van der Waals surface area contributed by atoms with Crippen molar-refractivity contribution in [3.8, 4) is 0 Å². The van der Waals surface area contributed by atoms with Crippen LogP contribution in [0.4, 0.5) is 4.79 Å². The number of benzene rings is 3. The molecule has 56 heavy (non-hydrogen) atoms. The zero-order chi connectivity index (χ0) is 39.9. The first-order valence-corrected chi connectivity index (χ1v) is 20.5. The van der Waals surface area contributed by atoms with Crippen LogP contribution in [-0.4, -0.2) is 96.9 Å². The number of rotatable bonds is 17. The van der Waals surface area contributed by atoms with Crippen molar-refractivity contribution in [1.82, 2.24) is 31.1 Å². The molecule has 0 aromatic heterocycles. The second-order valence-corrected chi connectivity index (χ2v) is 15.7. The third-order valence-electron chi connectivity index (χ3n) is 11.1. The summed E-state index contributed by atoms with van der Waals surface area (Å²) in [5, 5.41) is 14.2. The number of nitrogens with two attached hydrogens (primary N) is 1. The molecule has 3 aromatic carbocycles. The molecule has 2 aliphatic heterocycles. The summed E-state index contributed by atoms with van der Waals surface area (Å²) in [7, 11) is 0. The van der Waals surface area contributed by atoms with E-state index in [1.165, 1.54) is 0 Å². The lowest BCUT2D eigenvalue weighted by Crippen LogP contribution is -2.60. The van der Waals surface area contributed by atoms with Crippen molar-refractivity contribution >= 4 is 40.4 Å². The number of nitrogens with one attached hydrogen (secondary N) is 4. The molecule has 302 valence electrons. The van der Waals surface area contributed by atoms with Crippen molar-refractivity contribution in [2.45, 2.75) is 103 Å². The Kier molecular flexibility index (Phi) is 15.7. The number of hydrogen-bond donors (Lipinski definition) is 5. The molecule has 0 bridgehead atoms. The molecular weight excluding hydrogens is 707 g/mol. The quantitative estimate of drug-likeness (QED) is 0.128. The van der Waals surface area contributed by atoms with Gasteiger partial charge >= 0.3 is 6.03 Å². The van der Waals surface area contributed by atoms with Gasteiger partial charge in [-0.3, -0.25) is 19.2 Å². The van der Waals surface area contributed by atoms with Gasteiger partial charge in [0.2, 0.25) is 23.6 Å². The highest BCUT2D eigenvalue weighted by atomic mass is 16.2. The van der Waals surface area contributed by atoms with Crippen LogP contribution in [0.1, 0.15) is 82.8 Å². The van der Waals surface area contributed by atoms with Crippen molar-refractivity contribution in [3.63, 3.8) is 0 Å². The van der Waals surface area contributed by atoms with Gasteiger partial charge in [0.15, 0.2) is 0 Å². The second kappa shape index (κ2) is 20.8. The first kappa shape index (κ1) is 42.2. The van der Waals surface area contributed by atoms with Crippen LogP contribution in [0.5, 0.6) is 0 Å². The smallest absolute Gasteiger partial charge is 0.315 e. The van der Waals surface area contributed by atoms with E-state index in [1.54, 1.807) is 9.80 Å². The Morgan fingerprint density at radius 1 is 0.857 bits per heavy atom. The number of amides is 6. The Hall–Kier alpha value is -4.97. The number of unbranched alkanes of at least 4 members (excludes halogenated alkanes) is 2. The topological polar surface area (TPSA) is 166 Å². The Morgan fingerprint density at radius 2 is 1.61 bits per heavy atom. The maximum Gasteiger partial charge on any atom is 0.315 e. The summed E-state index contributed by atoms with van der Waals surface area (Å²) in [6.45, 7) is 6.49. The first-order valence-electron chi connectivity index (χ1n) is 20.5. The van der Waals surface area contributed by atoms with Gasteiger partial charge in [0, 0.05) is 64.1 Å². The van der Waals surface area contributed by atoms with Crippen molar-refractivity contribution in [2.75, 3.05) is 39.3 Å². The SMILES string of the molecule is CCNC(=O)C1(Cc2ccccc2)CCCN(C(=O)[C@@H](Cc2ccc3ccccc3c2)NC(=O)N[C@@H]2CCCN(C(=O)CC(C)NC(=O)CCCCCN)C2)C1. The van der Waals surface area contributed by atoms with E-state index in [2.05, 4.69) is 27.3 Å². The largest absolute Gasteiger partial charge is 0.356 e. The van der Waals surface area contributed by atoms with E-state index in [0.717, 1.165) is 47.6 Å². The molecule has 0 saturated carbocycles. The summed E-state index contributed by atoms with van der Waals surface area (Å²) in [5.74, 6) is -0.440. The van der Waals surface area contributed by atoms with Crippen LogP contribution in [0.2, 0.25) is 0 Å². The molecule has 0 aliphatic carbocycles. The van der Waals surface area contributed by atoms with Gasteiger partial charge in [0.25, 0.3) is 0 Å². The van der Waals surface area contributed by atoms with Gasteiger partial charge in [0.1, 0.15) is 6.04 Å².